The van der Waals surface area contributed by atoms with Crippen LogP contribution in [0, 0.1) is 0 Å². The first-order chi connectivity index (χ1) is 8.19. The Morgan fingerprint density at radius 2 is 2.29 bits per heavy atom. The minimum atomic E-state index is -0.383. The largest absolute Gasteiger partial charge is 0.465 e. The second-order valence-corrected chi connectivity index (χ2v) is 4.18. The summed E-state index contributed by atoms with van der Waals surface area (Å²) in [4.78, 5) is 11.6. The number of hydrogen-bond donors (Lipinski definition) is 0. The zero-order valence-corrected chi connectivity index (χ0v) is 11.0. The van der Waals surface area contributed by atoms with Crippen LogP contribution in [0.25, 0.3) is 5.52 Å². The van der Waals surface area contributed by atoms with Crippen LogP contribution in [0.5, 0.6) is 0 Å². The van der Waals surface area contributed by atoms with Crippen molar-refractivity contribution in [1.82, 2.24) is 9.61 Å². The Morgan fingerprint density at radius 3 is 2.94 bits per heavy atom. The number of aromatic nitrogens is 2. The summed E-state index contributed by atoms with van der Waals surface area (Å²) in [5.41, 5.74) is 2.10. The lowest BCUT2D eigenvalue weighted by Gasteiger charge is -2.01. The third-order valence-electron chi connectivity index (χ3n) is 2.39. The second kappa shape index (κ2) is 4.85. The smallest absolute Gasteiger partial charge is 0.340 e. The number of hydrogen-bond acceptors (Lipinski definition) is 4. The van der Waals surface area contributed by atoms with Gasteiger partial charge in [0, 0.05) is 18.9 Å². The monoisotopic (exact) mass is 298 g/mol. The van der Waals surface area contributed by atoms with Crippen LogP contribution in [0.2, 0.25) is 0 Å². The molecule has 2 rings (SSSR count). The molecular formula is C11H11BrN2O3. The molecule has 0 atom stereocenters. The van der Waals surface area contributed by atoms with Crippen molar-refractivity contribution >= 4 is 27.4 Å². The van der Waals surface area contributed by atoms with Gasteiger partial charge >= 0.3 is 5.97 Å². The van der Waals surface area contributed by atoms with Crippen LogP contribution in [-0.2, 0) is 16.1 Å². The Morgan fingerprint density at radius 1 is 1.53 bits per heavy atom. The molecule has 0 radical (unpaired) electrons. The molecule has 0 bridgehead atoms. The molecule has 0 aliphatic carbocycles. The maximum atomic E-state index is 11.6. The van der Waals surface area contributed by atoms with Crippen molar-refractivity contribution in [2.75, 3.05) is 14.2 Å². The molecule has 2 aromatic heterocycles. The van der Waals surface area contributed by atoms with E-state index in [0.717, 1.165) is 10.2 Å². The number of fused-ring (bicyclic) bond motifs is 1. The van der Waals surface area contributed by atoms with Crippen LogP contribution >= 0.6 is 15.9 Å². The molecule has 0 aliphatic rings. The maximum Gasteiger partial charge on any atom is 0.340 e. The summed E-state index contributed by atoms with van der Waals surface area (Å²) in [6.45, 7) is 0.449. The fourth-order valence-electron chi connectivity index (χ4n) is 1.63. The number of nitrogens with zero attached hydrogens (tertiary/aromatic N) is 2. The van der Waals surface area contributed by atoms with E-state index in [9.17, 15) is 4.79 Å². The van der Waals surface area contributed by atoms with E-state index in [1.165, 1.54) is 7.11 Å². The SMILES string of the molecule is COCc1cc2c(C(=O)OC)ccnn2c1Br. The highest BCUT2D eigenvalue weighted by molar-refractivity contribution is 9.10. The van der Waals surface area contributed by atoms with E-state index in [-0.39, 0.29) is 5.97 Å². The molecule has 0 fully saturated rings. The molecule has 0 aromatic carbocycles. The average molecular weight is 299 g/mol. The lowest BCUT2D eigenvalue weighted by atomic mass is 10.2. The van der Waals surface area contributed by atoms with E-state index in [0.29, 0.717) is 17.7 Å². The van der Waals surface area contributed by atoms with Crippen molar-refractivity contribution in [3.8, 4) is 0 Å². The van der Waals surface area contributed by atoms with Gasteiger partial charge in [-0.05, 0) is 28.1 Å². The molecule has 2 aromatic rings. The number of ether oxygens (including phenoxy) is 2. The molecule has 0 aliphatic heterocycles. The predicted octanol–water partition coefficient (Wildman–Crippen LogP) is 2.03. The molecule has 0 spiro atoms. The zero-order chi connectivity index (χ0) is 12.4. The molecule has 5 nitrogen and oxygen atoms in total. The number of rotatable bonds is 3. The number of carbonyl (C=O) groups is 1. The number of carbonyl (C=O) groups excluding carboxylic acids is 1. The summed E-state index contributed by atoms with van der Waals surface area (Å²) in [6.07, 6.45) is 1.56. The summed E-state index contributed by atoms with van der Waals surface area (Å²) < 4.78 is 12.2. The molecule has 0 N–H and O–H groups in total. The van der Waals surface area contributed by atoms with E-state index < -0.39 is 0 Å². The first-order valence-electron chi connectivity index (χ1n) is 4.91. The minimum Gasteiger partial charge on any atom is -0.465 e. The van der Waals surface area contributed by atoms with Gasteiger partial charge in [-0.15, -0.1) is 0 Å². The molecule has 6 heteroatoms. The summed E-state index contributed by atoms with van der Waals surface area (Å²) >= 11 is 3.43. The first-order valence-corrected chi connectivity index (χ1v) is 5.70. The van der Waals surface area contributed by atoms with Crippen molar-refractivity contribution in [3.05, 3.63) is 34.1 Å². The molecule has 0 saturated carbocycles. The van der Waals surface area contributed by atoms with Gasteiger partial charge in [0.15, 0.2) is 0 Å². The number of methoxy groups -OCH3 is 2. The molecule has 2 heterocycles. The van der Waals surface area contributed by atoms with Crippen molar-refractivity contribution in [1.29, 1.82) is 0 Å². The fourth-order valence-corrected chi connectivity index (χ4v) is 2.14. The van der Waals surface area contributed by atoms with Gasteiger partial charge in [-0.2, -0.15) is 5.10 Å². The summed E-state index contributed by atoms with van der Waals surface area (Å²) in [7, 11) is 2.97. The van der Waals surface area contributed by atoms with Gasteiger partial charge in [-0.1, -0.05) is 0 Å². The molecule has 0 unspecified atom stereocenters. The molecule has 0 amide bonds. The van der Waals surface area contributed by atoms with Crippen molar-refractivity contribution < 1.29 is 14.3 Å². The standard InChI is InChI=1S/C11H11BrN2O3/c1-16-6-7-5-9-8(11(15)17-2)3-4-13-14(9)10(7)12/h3-5H,6H2,1-2H3. The van der Waals surface area contributed by atoms with Gasteiger partial charge in [0.1, 0.15) is 4.60 Å². The third-order valence-corrected chi connectivity index (χ3v) is 3.24. The van der Waals surface area contributed by atoms with Crippen LogP contribution < -0.4 is 0 Å². The number of halogens is 1. The molecular weight excluding hydrogens is 288 g/mol. The topological polar surface area (TPSA) is 52.8 Å². The minimum absolute atomic E-state index is 0.383. The van der Waals surface area contributed by atoms with Crippen molar-refractivity contribution in [2.24, 2.45) is 0 Å². The van der Waals surface area contributed by atoms with Crippen LogP contribution in [0.1, 0.15) is 15.9 Å². The Hall–Kier alpha value is -1.40. The average Bonchev–Trinajstić information content (AvgIpc) is 2.66. The Balaban J connectivity index is 2.64. The summed E-state index contributed by atoms with van der Waals surface area (Å²) in [5.74, 6) is -0.383. The Labute approximate surface area is 106 Å². The highest BCUT2D eigenvalue weighted by atomic mass is 79.9. The van der Waals surface area contributed by atoms with Crippen LogP contribution in [0.15, 0.2) is 22.9 Å². The van der Waals surface area contributed by atoms with Gasteiger partial charge in [0.05, 0.1) is 24.8 Å². The van der Waals surface area contributed by atoms with Crippen LogP contribution in [0.4, 0.5) is 0 Å². The van der Waals surface area contributed by atoms with Gasteiger partial charge in [0.2, 0.25) is 0 Å². The van der Waals surface area contributed by atoms with Crippen LogP contribution in [-0.4, -0.2) is 29.8 Å². The van der Waals surface area contributed by atoms with Gasteiger partial charge in [0.25, 0.3) is 0 Å². The van der Waals surface area contributed by atoms with Crippen molar-refractivity contribution in [3.63, 3.8) is 0 Å². The van der Waals surface area contributed by atoms with E-state index >= 15 is 0 Å². The molecule has 90 valence electrons. The van der Waals surface area contributed by atoms with Gasteiger partial charge in [-0.25, -0.2) is 9.31 Å². The van der Waals surface area contributed by atoms with E-state index in [4.69, 9.17) is 9.47 Å². The fraction of sp³-hybridized carbons (Fsp3) is 0.273. The quantitative estimate of drug-likeness (QED) is 0.814. The first kappa shape index (κ1) is 12.1. The Kier molecular flexibility index (Phi) is 3.44. The highest BCUT2D eigenvalue weighted by Crippen LogP contribution is 2.24. The van der Waals surface area contributed by atoms with Crippen LogP contribution in [0.3, 0.4) is 0 Å². The lowest BCUT2D eigenvalue weighted by molar-refractivity contribution is 0.0602. The van der Waals surface area contributed by atoms with Gasteiger partial charge < -0.3 is 9.47 Å². The zero-order valence-electron chi connectivity index (χ0n) is 9.44. The highest BCUT2D eigenvalue weighted by Gasteiger charge is 2.16. The van der Waals surface area contributed by atoms with Gasteiger partial charge in [-0.3, -0.25) is 0 Å². The van der Waals surface area contributed by atoms with E-state index in [2.05, 4.69) is 21.0 Å². The number of esters is 1. The summed E-state index contributed by atoms with van der Waals surface area (Å²) in [5, 5.41) is 4.17. The summed E-state index contributed by atoms with van der Waals surface area (Å²) in [6, 6.07) is 3.48. The van der Waals surface area contributed by atoms with E-state index in [1.54, 1.807) is 23.9 Å². The maximum absolute atomic E-state index is 11.6. The Bertz CT molecular complexity index is 565. The predicted molar refractivity (Wildman–Crippen MR) is 64.9 cm³/mol. The van der Waals surface area contributed by atoms with E-state index in [1.807, 2.05) is 6.07 Å². The molecule has 0 saturated heterocycles. The molecule has 17 heavy (non-hydrogen) atoms. The second-order valence-electron chi connectivity index (χ2n) is 3.43. The third kappa shape index (κ3) is 2.05. The van der Waals surface area contributed by atoms with Crippen molar-refractivity contribution in [2.45, 2.75) is 6.61 Å². The normalized spacial score (nSPS) is 10.8. The lowest BCUT2D eigenvalue weighted by Crippen LogP contribution is -2.04.